The van der Waals surface area contributed by atoms with E-state index in [9.17, 15) is 15.0 Å². The molecule has 2 rings (SSSR count). The molecule has 0 spiro atoms. The van der Waals surface area contributed by atoms with Gasteiger partial charge in [-0.25, -0.2) is 0 Å². The Hall–Kier alpha value is -0.670. The minimum absolute atomic E-state index is 0.0201. The van der Waals surface area contributed by atoms with Gasteiger partial charge in [0.2, 0.25) is 0 Å². The van der Waals surface area contributed by atoms with Crippen molar-refractivity contribution in [2.75, 3.05) is 0 Å². The summed E-state index contributed by atoms with van der Waals surface area (Å²) in [6.07, 6.45) is 16.8. The molecule has 0 heterocycles. The Kier molecular flexibility index (Phi) is 8.83. The molecule has 0 aliphatic heterocycles. The third kappa shape index (κ3) is 5.42. The molecule has 2 N–H and O–H groups in total. The molecular weight excluding hydrogens is 324 g/mol. The van der Waals surface area contributed by atoms with Gasteiger partial charge in [-0.2, -0.15) is 0 Å². The molecule has 26 heavy (non-hydrogen) atoms. The number of aliphatic hydroxyl groups excluding tert-OH is 2. The number of hydrogen-bond acceptors (Lipinski definition) is 3. The van der Waals surface area contributed by atoms with E-state index in [0.29, 0.717) is 12.8 Å². The van der Waals surface area contributed by atoms with Crippen LogP contribution in [0.15, 0.2) is 12.2 Å². The monoisotopic (exact) mass is 364 g/mol. The molecule has 0 radical (unpaired) electrons. The van der Waals surface area contributed by atoms with Crippen LogP contribution in [-0.2, 0) is 4.79 Å². The molecule has 150 valence electrons. The van der Waals surface area contributed by atoms with E-state index in [1.54, 1.807) is 0 Å². The van der Waals surface area contributed by atoms with Crippen LogP contribution in [0.25, 0.3) is 0 Å². The van der Waals surface area contributed by atoms with E-state index in [4.69, 9.17) is 0 Å². The second-order valence-electron chi connectivity index (χ2n) is 8.77. The summed E-state index contributed by atoms with van der Waals surface area (Å²) in [5, 5.41) is 21.0. The third-order valence-corrected chi connectivity index (χ3v) is 6.87. The molecule has 2 aliphatic carbocycles. The molecule has 3 nitrogen and oxygen atoms in total. The summed E-state index contributed by atoms with van der Waals surface area (Å²) in [5.41, 5.74) is 0.127. The standard InChI is InChI=1S/C23H40O3/c1-3-5-6-7-8-11-18-19(21(25)17-20(18)24)12-9-13-22(26)23(14-4-2)15-10-16-23/h9,12,18-19,21-22,25-26H,3-8,10-11,13-17H2,1-2H3/b12-9+/t18?,19-,21-,22+/m1/s1. The van der Waals surface area contributed by atoms with Crippen molar-refractivity contribution in [2.45, 2.75) is 110 Å². The highest BCUT2D eigenvalue weighted by atomic mass is 16.3. The highest BCUT2D eigenvalue weighted by Crippen LogP contribution is 2.48. The number of ketones is 1. The molecule has 1 unspecified atom stereocenters. The summed E-state index contributed by atoms with van der Waals surface area (Å²) in [4.78, 5) is 12.3. The summed E-state index contributed by atoms with van der Waals surface area (Å²) in [6.45, 7) is 4.40. The summed E-state index contributed by atoms with van der Waals surface area (Å²) in [6, 6.07) is 0. The fraction of sp³-hybridized carbons (Fsp3) is 0.870. The molecule has 0 aromatic heterocycles. The average molecular weight is 365 g/mol. The van der Waals surface area contributed by atoms with Gasteiger partial charge >= 0.3 is 0 Å². The van der Waals surface area contributed by atoms with E-state index in [2.05, 4.69) is 13.8 Å². The van der Waals surface area contributed by atoms with Gasteiger partial charge in [0, 0.05) is 18.3 Å². The molecule has 0 aromatic carbocycles. The lowest BCUT2D eigenvalue weighted by Crippen LogP contribution is -2.41. The summed E-state index contributed by atoms with van der Waals surface area (Å²) >= 11 is 0. The Bertz CT molecular complexity index is 452. The molecule has 0 aromatic rings. The summed E-state index contributed by atoms with van der Waals surface area (Å²) in [5.74, 6) is 0.155. The van der Waals surface area contributed by atoms with Crippen molar-refractivity contribution >= 4 is 5.78 Å². The van der Waals surface area contributed by atoms with Crippen molar-refractivity contribution in [1.29, 1.82) is 0 Å². The zero-order valence-electron chi connectivity index (χ0n) is 17.0. The maximum absolute atomic E-state index is 12.3. The Morgan fingerprint density at radius 2 is 1.88 bits per heavy atom. The van der Waals surface area contributed by atoms with Crippen molar-refractivity contribution in [3.05, 3.63) is 12.2 Å². The van der Waals surface area contributed by atoms with E-state index in [1.807, 2.05) is 12.2 Å². The smallest absolute Gasteiger partial charge is 0.139 e. The Morgan fingerprint density at radius 3 is 2.50 bits per heavy atom. The molecular formula is C23H40O3. The first kappa shape index (κ1) is 21.6. The minimum Gasteiger partial charge on any atom is -0.392 e. The third-order valence-electron chi connectivity index (χ3n) is 6.87. The lowest BCUT2D eigenvalue weighted by Gasteiger charge is -2.45. The molecule has 3 heteroatoms. The normalized spacial score (nSPS) is 29.2. The van der Waals surface area contributed by atoms with Gasteiger partial charge in [-0.05, 0) is 37.5 Å². The maximum atomic E-state index is 12.3. The fourth-order valence-electron chi connectivity index (χ4n) is 5.05. The van der Waals surface area contributed by atoms with Gasteiger partial charge in [0.1, 0.15) is 5.78 Å². The second kappa shape index (κ2) is 10.6. The molecule has 0 amide bonds. The fourth-order valence-corrected chi connectivity index (χ4v) is 5.05. The van der Waals surface area contributed by atoms with Crippen LogP contribution in [0.5, 0.6) is 0 Å². The average Bonchev–Trinajstić information content (AvgIpc) is 2.84. The lowest BCUT2D eigenvalue weighted by atomic mass is 9.62. The van der Waals surface area contributed by atoms with Crippen LogP contribution >= 0.6 is 0 Å². The largest absolute Gasteiger partial charge is 0.392 e. The molecule has 2 aliphatic rings. The number of aliphatic hydroxyl groups is 2. The lowest BCUT2D eigenvalue weighted by molar-refractivity contribution is -0.121. The predicted molar refractivity (Wildman–Crippen MR) is 107 cm³/mol. The number of unbranched alkanes of at least 4 members (excludes halogenated alkanes) is 4. The number of carbonyl (C=O) groups excluding carboxylic acids is 1. The highest BCUT2D eigenvalue weighted by Gasteiger charge is 2.42. The quantitative estimate of drug-likeness (QED) is 0.370. The Labute approximate surface area is 160 Å². The van der Waals surface area contributed by atoms with Gasteiger partial charge in [0.05, 0.1) is 12.2 Å². The van der Waals surface area contributed by atoms with Crippen molar-refractivity contribution < 1.29 is 15.0 Å². The van der Waals surface area contributed by atoms with Crippen molar-refractivity contribution in [1.82, 2.24) is 0 Å². The van der Waals surface area contributed by atoms with Gasteiger partial charge in [-0.3, -0.25) is 4.79 Å². The van der Waals surface area contributed by atoms with E-state index in [-0.39, 0.29) is 29.1 Å². The predicted octanol–water partition coefficient (Wildman–Crippen LogP) is 5.19. The van der Waals surface area contributed by atoms with Crippen LogP contribution in [0.3, 0.4) is 0 Å². The van der Waals surface area contributed by atoms with Crippen LogP contribution in [0.1, 0.15) is 97.3 Å². The number of Topliss-reactive ketones (excluding diaryl/α,β-unsaturated/α-hetero) is 1. The van der Waals surface area contributed by atoms with Gasteiger partial charge in [0.15, 0.2) is 0 Å². The molecule has 2 saturated carbocycles. The summed E-state index contributed by atoms with van der Waals surface area (Å²) < 4.78 is 0. The van der Waals surface area contributed by atoms with Crippen LogP contribution in [0, 0.1) is 17.3 Å². The van der Waals surface area contributed by atoms with Gasteiger partial charge in [-0.15, -0.1) is 0 Å². The minimum atomic E-state index is -0.537. The SMILES string of the molecule is CCCCCCCC1C(=O)C[C@@H](O)[C@@H]1/C=C/C[C@H](O)C1(CCC)CCC1. The number of rotatable bonds is 12. The van der Waals surface area contributed by atoms with Crippen molar-refractivity contribution in [2.24, 2.45) is 17.3 Å². The van der Waals surface area contributed by atoms with Crippen LogP contribution < -0.4 is 0 Å². The van der Waals surface area contributed by atoms with E-state index < -0.39 is 6.10 Å². The first-order valence-corrected chi connectivity index (χ1v) is 11.1. The number of hydrogen-bond donors (Lipinski definition) is 2. The zero-order chi connectivity index (χ0) is 19.0. The maximum Gasteiger partial charge on any atom is 0.139 e. The molecule has 2 fully saturated rings. The first-order valence-electron chi connectivity index (χ1n) is 11.1. The van der Waals surface area contributed by atoms with Crippen LogP contribution in [-0.4, -0.2) is 28.2 Å². The van der Waals surface area contributed by atoms with Gasteiger partial charge in [0.25, 0.3) is 0 Å². The topological polar surface area (TPSA) is 57.5 Å². The van der Waals surface area contributed by atoms with Gasteiger partial charge in [-0.1, -0.05) is 70.9 Å². The van der Waals surface area contributed by atoms with E-state index >= 15 is 0 Å². The van der Waals surface area contributed by atoms with E-state index in [1.165, 1.54) is 32.1 Å². The number of carbonyl (C=O) groups is 1. The second-order valence-corrected chi connectivity index (χ2v) is 8.77. The highest BCUT2D eigenvalue weighted by molar-refractivity contribution is 5.84. The Morgan fingerprint density at radius 1 is 1.15 bits per heavy atom. The summed E-state index contributed by atoms with van der Waals surface area (Å²) in [7, 11) is 0. The zero-order valence-corrected chi connectivity index (χ0v) is 17.0. The molecule has 0 bridgehead atoms. The first-order chi connectivity index (χ1) is 12.5. The molecule has 0 saturated heterocycles. The van der Waals surface area contributed by atoms with Crippen molar-refractivity contribution in [3.63, 3.8) is 0 Å². The van der Waals surface area contributed by atoms with Crippen LogP contribution in [0.4, 0.5) is 0 Å². The Balaban J connectivity index is 1.84. The molecule has 4 atom stereocenters. The van der Waals surface area contributed by atoms with Crippen molar-refractivity contribution in [3.8, 4) is 0 Å². The van der Waals surface area contributed by atoms with Crippen LogP contribution in [0.2, 0.25) is 0 Å². The van der Waals surface area contributed by atoms with Gasteiger partial charge < -0.3 is 10.2 Å². The van der Waals surface area contributed by atoms with E-state index in [0.717, 1.165) is 38.5 Å².